The number of aromatic nitrogens is 4. The molecule has 0 fully saturated rings. The van der Waals surface area contributed by atoms with E-state index < -0.39 is 4.92 Å². The summed E-state index contributed by atoms with van der Waals surface area (Å²) >= 11 is 25.9. The minimum atomic E-state index is -0.434. The molecular formula is C20H14Br4Cl2N6O2. The summed E-state index contributed by atoms with van der Waals surface area (Å²) in [6.07, 6.45) is 3.90. The summed E-state index contributed by atoms with van der Waals surface area (Å²) in [5, 5.41) is 12.0. The SMILES string of the molecule is Nc1c(Br)c(Br)c2c3c1nc(Cl)n3CCC2.O=[N+]([O-])c1c(Br)c(Br)c2c3c1nc(Cl)n3CCC2. The molecule has 4 heterocycles. The maximum absolute atomic E-state index is 11.2. The molecule has 0 spiro atoms. The number of anilines is 1. The molecule has 6 rings (SSSR count). The van der Waals surface area contributed by atoms with Gasteiger partial charge in [0.15, 0.2) is 5.52 Å². The maximum Gasteiger partial charge on any atom is 0.312 e. The van der Waals surface area contributed by atoms with Crippen LogP contribution in [0, 0.1) is 10.1 Å². The smallest absolute Gasteiger partial charge is 0.312 e. The molecule has 2 aliphatic rings. The quantitative estimate of drug-likeness (QED) is 0.121. The third-order valence-corrected chi connectivity index (χ3v) is 11.0. The topological polar surface area (TPSA) is 105 Å². The van der Waals surface area contributed by atoms with Crippen LogP contribution in [0.2, 0.25) is 10.6 Å². The molecule has 0 atom stereocenters. The van der Waals surface area contributed by atoms with Crippen LogP contribution in [0.25, 0.3) is 22.1 Å². The molecule has 0 amide bonds. The van der Waals surface area contributed by atoms with Crippen molar-refractivity contribution < 1.29 is 4.92 Å². The van der Waals surface area contributed by atoms with Gasteiger partial charge in [0.25, 0.3) is 0 Å². The van der Waals surface area contributed by atoms with Crippen LogP contribution < -0.4 is 5.73 Å². The van der Waals surface area contributed by atoms with Crippen molar-refractivity contribution in [2.45, 2.75) is 38.8 Å². The van der Waals surface area contributed by atoms with Gasteiger partial charge in [-0.1, -0.05) is 0 Å². The normalized spacial score (nSPS) is 14.4. The minimum Gasteiger partial charge on any atom is -0.396 e. The van der Waals surface area contributed by atoms with Crippen LogP contribution >= 0.6 is 86.9 Å². The summed E-state index contributed by atoms with van der Waals surface area (Å²) in [4.78, 5) is 19.2. The Balaban J connectivity index is 0.000000142. The number of nitrogens with two attached hydrogens (primary N) is 1. The molecule has 2 aliphatic heterocycles. The standard InChI is InChI=1S/C10H6Br2ClN3O2.C10H8Br2ClN3/c11-5-4-2-1-3-15-8(4)7(14-10(15)13)9(6(5)12)16(17)18;11-5-4-2-1-3-16-9(4)8(15-10(16)13)7(14)6(5)12/h1-3H2;1-3,14H2. The highest BCUT2D eigenvalue weighted by atomic mass is 79.9. The number of hydrogen-bond donors (Lipinski definition) is 1. The third-order valence-electron chi connectivity index (χ3n) is 6.05. The van der Waals surface area contributed by atoms with Crippen molar-refractivity contribution in [2.24, 2.45) is 0 Å². The average Bonchev–Trinajstić information content (AvgIpc) is 3.33. The van der Waals surface area contributed by atoms with Crippen LogP contribution in [-0.4, -0.2) is 24.0 Å². The highest BCUT2D eigenvalue weighted by molar-refractivity contribution is 9.13. The van der Waals surface area contributed by atoms with Crippen molar-refractivity contribution in [3.8, 4) is 0 Å². The van der Waals surface area contributed by atoms with Crippen molar-refractivity contribution in [3.05, 3.63) is 49.7 Å². The zero-order chi connectivity index (χ0) is 24.5. The Bertz CT molecular complexity index is 1530. The van der Waals surface area contributed by atoms with Crippen LogP contribution in [0.1, 0.15) is 24.0 Å². The molecule has 2 N–H and O–H groups in total. The number of nitro benzene ring substituents is 1. The number of imidazole rings is 2. The maximum atomic E-state index is 11.2. The number of hydrogen-bond acceptors (Lipinski definition) is 5. The summed E-state index contributed by atoms with van der Waals surface area (Å²) in [6, 6.07) is 0. The van der Waals surface area contributed by atoms with E-state index >= 15 is 0 Å². The van der Waals surface area contributed by atoms with Crippen LogP contribution in [0.3, 0.4) is 0 Å². The first kappa shape index (κ1) is 24.8. The van der Waals surface area contributed by atoms with Gasteiger partial charge in [-0.3, -0.25) is 10.1 Å². The van der Waals surface area contributed by atoms with E-state index in [-0.39, 0.29) is 5.69 Å². The fourth-order valence-corrected chi connectivity index (χ4v) is 7.26. The Hall–Kier alpha value is -0.920. The van der Waals surface area contributed by atoms with Crippen LogP contribution in [-0.2, 0) is 25.9 Å². The molecule has 0 bridgehead atoms. The second-order valence-corrected chi connectivity index (χ2v) is 11.7. The van der Waals surface area contributed by atoms with Crippen LogP contribution in [0.5, 0.6) is 0 Å². The number of nitrogen functional groups attached to an aromatic ring is 1. The van der Waals surface area contributed by atoms with Gasteiger partial charge in [0.1, 0.15) is 9.99 Å². The van der Waals surface area contributed by atoms with Gasteiger partial charge in [-0.25, -0.2) is 9.97 Å². The lowest BCUT2D eigenvalue weighted by molar-refractivity contribution is -0.384. The van der Waals surface area contributed by atoms with E-state index in [2.05, 4.69) is 73.7 Å². The fourth-order valence-electron chi connectivity index (χ4n) is 4.58. The first-order valence-electron chi connectivity index (χ1n) is 10.1. The van der Waals surface area contributed by atoms with Gasteiger partial charge in [-0.2, -0.15) is 0 Å². The van der Waals surface area contributed by atoms with E-state index in [1.807, 2.05) is 9.13 Å². The highest BCUT2D eigenvalue weighted by Crippen LogP contribution is 2.45. The third kappa shape index (κ3) is 3.71. The Labute approximate surface area is 236 Å². The van der Waals surface area contributed by atoms with E-state index in [0.717, 1.165) is 74.3 Å². The molecule has 2 aromatic carbocycles. The first-order valence-corrected chi connectivity index (χ1v) is 14.1. The number of rotatable bonds is 1. The van der Waals surface area contributed by atoms with Gasteiger partial charge in [0.05, 0.1) is 26.1 Å². The van der Waals surface area contributed by atoms with Gasteiger partial charge in [0.2, 0.25) is 10.6 Å². The Kier molecular flexibility index (Phi) is 6.69. The van der Waals surface area contributed by atoms with Gasteiger partial charge < -0.3 is 14.9 Å². The molecule has 0 aliphatic carbocycles. The number of nitro groups is 1. The predicted octanol–water partition coefficient (Wildman–Crippen LogP) is 7.81. The molecule has 0 unspecified atom stereocenters. The zero-order valence-electron chi connectivity index (χ0n) is 17.1. The van der Waals surface area contributed by atoms with Crippen molar-refractivity contribution in [1.82, 2.24) is 19.1 Å². The molecule has 8 nitrogen and oxygen atoms in total. The van der Waals surface area contributed by atoms with Crippen molar-refractivity contribution in [3.63, 3.8) is 0 Å². The monoisotopic (exact) mass is 756 g/mol. The lowest BCUT2D eigenvalue weighted by atomic mass is 10.0. The van der Waals surface area contributed by atoms with E-state index in [0.29, 0.717) is 26.2 Å². The largest absolute Gasteiger partial charge is 0.396 e. The summed E-state index contributed by atoms with van der Waals surface area (Å²) in [5.41, 5.74) is 11.9. The van der Waals surface area contributed by atoms with Gasteiger partial charge in [-0.15, -0.1) is 0 Å². The lowest BCUT2D eigenvalue weighted by Gasteiger charge is -2.18. The Morgan fingerprint density at radius 1 is 0.824 bits per heavy atom. The summed E-state index contributed by atoms with van der Waals surface area (Å²) in [6.45, 7) is 1.66. The molecule has 34 heavy (non-hydrogen) atoms. The van der Waals surface area contributed by atoms with E-state index in [1.165, 1.54) is 5.56 Å². The predicted molar refractivity (Wildman–Crippen MR) is 148 cm³/mol. The highest BCUT2D eigenvalue weighted by Gasteiger charge is 2.30. The molecule has 14 heteroatoms. The number of benzene rings is 2. The van der Waals surface area contributed by atoms with Crippen molar-refractivity contribution in [1.29, 1.82) is 0 Å². The van der Waals surface area contributed by atoms with Crippen LogP contribution in [0.4, 0.5) is 11.4 Å². The number of aryl methyl sites for hydroxylation is 4. The van der Waals surface area contributed by atoms with E-state index in [4.69, 9.17) is 28.9 Å². The Morgan fingerprint density at radius 3 is 1.82 bits per heavy atom. The molecule has 0 saturated heterocycles. The van der Waals surface area contributed by atoms with Crippen molar-refractivity contribution in [2.75, 3.05) is 5.73 Å². The summed E-state index contributed by atoms with van der Waals surface area (Å²) in [5.74, 6) is 0. The molecule has 0 saturated carbocycles. The van der Waals surface area contributed by atoms with Crippen molar-refractivity contribution >= 4 is 120 Å². The molecule has 0 radical (unpaired) electrons. The molecule has 2 aromatic heterocycles. The van der Waals surface area contributed by atoms with Crippen LogP contribution in [0.15, 0.2) is 17.9 Å². The van der Waals surface area contributed by atoms with Gasteiger partial charge in [-0.05, 0) is 124 Å². The minimum absolute atomic E-state index is 0.0387. The van der Waals surface area contributed by atoms with E-state index in [9.17, 15) is 10.1 Å². The van der Waals surface area contributed by atoms with Gasteiger partial charge >= 0.3 is 5.69 Å². The molecule has 4 aromatic rings. The summed E-state index contributed by atoms with van der Waals surface area (Å²) < 4.78 is 6.91. The number of nitrogens with zero attached hydrogens (tertiary/aromatic N) is 5. The average molecular weight is 761 g/mol. The number of halogens is 6. The summed E-state index contributed by atoms with van der Waals surface area (Å²) in [7, 11) is 0. The fraction of sp³-hybridized carbons (Fsp3) is 0.300. The molecular weight excluding hydrogens is 747 g/mol. The van der Waals surface area contributed by atoms with E-state index in [1.54, 1.807) is 0 Å². The van der Waals surface area contributed by atoms with Gasteiger partial charge in [0, 0.05) is 22.0 Å². The Morgan fingerprint density at radius 2 is 1.29 bits per heavy atom. The molecule has 178 valence electrons. The second-order valence-electron chi connectivity index (χ2n) is 7.90. The first-order chi connectivity index (χ1) is 16.1. The second kappa shape index (κ2) is 9.19. The lowest BCUT2D eigenvalue weighted by Crippen LogP contribution is -2.09. The zero-order valence-corrected chi connectivity index (χ0v) is 25.0.